The van der Waals surface area contributed by atoms with Gasteiger partial charge in [0.15, 0.2) is 17.5 Å². The van der Waals surface area contributed by atoms with Crippen LogP contribution in [0.5, 0.6) is 11.5 Å². The molecule has 0 saturated carbocycles. The van der Waals surface area contributed by atoms with E-state index in [-0.39, 0.29) is 6.79 Å². The minimum atomic E-state index is -0.676. The molecule has 0 bridgehead atoms. The van der Waals surface area contributed by atoms with Crippen molar-refractivity contribution in [3.05, 3.63) is 58.6 Å². The third kappa shape index (κ3) is 4.39. The highest BCUT2D eigenvalue weighted by atomic mass is 35.5. The van der Waals surface area contributed by atoms with Crippen molar-refractivity contribution < 1.29 is 14.6 Å². The summed E-state index contributed by atoms with van der Waals surface area (Å²) in [5.41, 5.74) is 1.84. The summed E-state index contributed by atoms with van der Waals surface area (Å²) in [4.78, 5) is 6.25. The lowest BCUT2D eigenvalue weighted by molar-refractivity contribution is 0.174. The number of ether oxygens (including phenoxy) is 2. The number of aliphatic imine (C=N–C) groups is 1. The fourth-order valence-corrected chi connectivity index (χ4v) is 2.99. The van der Waals surface area contributed by atoms with Gasteiger partial charge in [0, 0.05) is 32.2 Å². The van der Waals surface area contributed by atoms with Gasteiger partial charge in [-0.2, -0.15) is 0 Å². The molecule has 3 rings (SSSR count). The summed E-state index contributed by atoms with van der Waals surface area (Å²) in [6, 6.07) is 13.1. The molecule has 1 heterocycles. The zero-order valence-corrected chi connectivity index (χ0v) is 15.5. The number of nitrogens with one attached hydrogen (secondary N) is 1. The van der Waals surface area contributed by atoms with Gasteiger partial charge in [0.2, 0.25) is 6.79 Å². The molecule has 1 unspecified atom stereocenters. The van der Waals surface area contributed by atoms with E-state index >= 15 is 0 Å². The first-order valence-corrected chi connectivity index (χ1v) is 8.68. The van der Waals surface area contributed by atoms with E-state index in [1.165, 1.54) is 0 Å². The van der Waals surface area contributed by atoms with E-state index in [0.29, 0.717) is 24.1 Å². The van der Waals surface area contributed by atoms with E-state index in [2.05, 4.69) is 10.3 Å². The zero-order valence-electron chi connectivity index (χ0n) is 14.8. The van der Waals surface area contributed by atoms with Crippen LogP contribution in [0.4, 0.5) is 0 Å². The van der Waals surface area contributed by atoms with E-state index in [9.17, 15) is 5.11 Å². The van der Waals surface area contributed by atoms with Gasteiger partial charge in [-0.3, -0.25) is 4.99 Å². The van der Waals surface area contributed by atoms with Crippen LogP contribution in [-0.4, -0.2) is 43.4 Å². The standard InChI is InChI=1S/C19H22ClN3O3/c1-21-19(22-10-16(24)14-4-3-5-15(20)9-14)23(2)11-13-6-7-17-18(8-13)26-12-25-17/h3-9,16,24H,10-12H2,1-2H3,(H,21,22). The van der Waals surface area contributed by atoms with Crippen LogP contribution in [0.3, 0.4) is 0 Å². The predicted molar refractivity (Wildman–Crippen MR) is 102 cm³/mol. The molecular formula is C19H22ClN3O3. The topological polar surface area (TPSA) is 66.3 Å². The number of benzene rings is 2. The molecule has 0 fully saturated rings. The summed E-state index contributed by atoms with van der Waals surface area (Å²) in [5.74, 6) is 2.21. The molecule has 7 heteroatoms. The third-order valence-corrected chi connectivity index (χ3v) is 4.35. The highest BCUT2D eigenvalue weighted by Gasteiger charge is 2.15. The van der Waals surface area contributed by atoms with Crippen LogP contribution in [0.15, 0.2) is 47.5 Å². The minimum absolute atomic E-state index is 0.263. The number of hydrogen-bond acceptors (Lipinski definition) is 4. The molecule has 6 nitrogen and oxygen atoms in total. The lowest BCUT2D eigenvalue weighted by Crippen LogP contribution is -2.40. The van der Waals surface area contributed by atoms with Gasteiger partial charge >= 0.3 is 0 Å². The number of rotatable bonds is 5. The van der Waals surface area contributed by atoms with Crippen molar-refractivity contribution in [3.63, 3.8) is 0 Å². The zero-order chi connectivity index (χ0) is 18.5. The monoisotopic (exact) mass is 375 g/mol. The summed E-state index contributed by atoms with van der Waals surface area (Å²) < 4.78 is 10.7. The Morgan fingerprint density at radius 2 is 2.08 bits per heavy atom. The van der Waals surface area contributed by atoms with E-state index in [1.807, 2.05) is 42.3 Å². The van der Waals surface area contributed by atoms with Crippen molar-refractivity contribution in [2.75, 3.05) is 27.4 Å². The lowest BCUT2D eigenvalue weighted by Gasteiger charge is -2.23. The molecule has 0 amide bonds. The van der Waals surface area contributed by atoms with Crippen LogP contribution >= 0.6 is 11.6 Å². The smallest absolute Gasteiger partial charge is 0.231 e. The first-order valence-electron chi connectivity index (χ1n) is 8.30. The molecule has 2 aromatic carbocycles. The van der Waals surface area contributed by atoms with Gasteiger partial charge in [0.05, 0.1) is 6.10 Å². The SMILES string of the molecule is CN=C(NCC(O)c1cccc(Cl)c1)N(C)Cc1ccc2c(c1)OCO2. The van der Waals surface area contributed by atoms with Crippen LogP contribution in [-0.2, 0) is 6.54 Å². The van der Waals surface area contributed by atoms with Crippen LogP contribution < -0.4 is 14.8 Å². The quantitative estimate of drug-likeness (QED) is 0.621. The van der Waals surface area contributed by atoms with E-state index < -0.39 is 6.10 Å². The van der Waals surface area contributed by atoms with E-state index in [1.54, 1.807) is 19.2 Å². The second-order valence-corrected chi connectivity index (χ2v) is 6.48. The van der Waals surface area contributed by atoms with Gasteiger partial charge in [-0.1, -0.05) is 29.8 Å². The fraction of sp³-hybridized carbons (Fsp3) is 0.316. The largest absolute Gasteiger partial charge is 0.454 e. The number of nitrogens with zero attached hydrogens (tertiary/aromatic N) is 2. The minimum Gasteiger partial charge on any atom is -0.454 e. The van der Waals surface area contributed by atoms with E-state index in [0.717, 1.165) is 22.6 Å². The summed E-state index contributed by atoms with van der Waals surface area (Å²) in [6.45, 7) is 1.24. The molecule has 0 radical (unpaired) electrons. The molecule has 2 aromatic rings. The Morgan fingerprint density at radius 3 is 2.85 bits per heavy atom. The molecule has 0 aromatic heterocycles. The van der Waals surface area contributed by atoms with Crippen LogP contribution in [0.25, 0.3) is 0 Å². The average Bonchev–Trinajstić information content (AvgIpc) is 3.09. The molecule has 1 aliphatic heterocycles. The predicted octanol–water partition coefficient (Wildman–Crippen LogP) is 2.81. The Labute approximate surface area is 158 Å². The molecule has 2 N–H and O–H groups in total. The Hall–Kier alpha value is -2.44. The van der Waals surface area contributed by atoms with Crippen LogP contribution in [0, 0.1) is 0 Å². The van der Waals surface area contributed by atoms with Crippen LogP contribution in [0.1, 0.15) is 17.2 Å². The second kappa shape index (κ2) is 8.29. The van der Waals surface area contributed by atoms with Crippen molar-refractivity contribution in [1.29, 1.82) is 0 Å². The molecule has 0 aliphatic carbocycles. The Bertz CT molecular complexity index is 797. The van der Waals surface area contributed by atoms with Gasteiger partial charge in [-0.05, 0) is 35.4 Å². The number of hydrogen-bond donors (Lipinski definition) is 2. The Balaban J connectivity index is 1.58. The maximum Gasteiger partial charge on any atom is 0.231 e. The van der Waals surface area contributed by atoms with E-state index in [4.69, 9.17) is 21.1 Å². The molecule has 1 atom stereocenters. The molecule has 0 spiro atoms. The number of guanidine groups is 1. The summed E-state index contributed by atoms with van der Waals surface area (Å²) in [5, 5.41) is 14.1. The van der Waals surface area contributed by atoms with Crippen molar-refractivity contribution in [3.8, 4) is 11.5 Å². The number of aliphatic hydroxyl groups excluding tert-OH is 1. The van der Waals surface area contributed by atoms with Gasteiger partial charge < -0.3 is 24.8 Å². The average molecular weight is 376 g/mol. The lowest BCUT2D eigenvalue weighted by atomic mass is 10.1. The molecule has 0 saturated heterocycles. The second-order valence-electron chi connectivity index (χ2n) is 6.04. The Kier molecular flexibility index (Phi) is 5.85. The van der Waals surface area contributed by atoms with Gasteiger partial charge in [0.25, 0.3) is 0 Å². The number of halogens is 1. The van der Waals surface area contributed by atoms with Gasteiger partial charge in [-0.15, -0.1) is 0 Å². The van der Waals surface area contributed by atoms with Crippen molar-refractivity contribution >= 4 is 17.6 Å². The van der Waals surface area contributed by atoms with Crippen LogP contribution in [0.2, 0.25) is 5.02 Å². The maximum absolute atomic E-state index is 10.3. The third-order valence-electron chi connectivity index (χ3n) is 4.12. The Morgan fingerprint density at radius 1 is 1.27 bits per heavy atom. The van der Waals surface area contributed by atoms with Gasteiger partial charge in [-0.25, -0.2) is 0 Å². The van der Waals surface area contributed by atoms with Crippen molar-refractivity contribution in [2.24, 2.45) is 4.99 Å². The number of aliphatic hydroxyl groups is 1. The van der Waals surface area contributed by atoms with Gasteiger partial charge in [0.1, 0.15) is 0 Å². The van der Waals surface area contributed by atoms with Crippen molar-refractivity contribution in [2.45, 2.75) is 12.6 Å². The molecule has 26 heavy (non-hydrogen) atoms. The first-order chi connectivity index (χ1) is 12.6. The summed E-state index contributed by atoms with van der Waals surface area (Å²) in [7, 11) is 3.65. The highest BCUT2D eigenvalue weighted by molar-refractivity contribution is 6.30. The number of fused-ring (bicyclic) bond motifs is 1. The maximum atomic E-state index is 10.3. The molecule has 1 aliphatic rings. The normalized spacial score (nSPS) is 14.2. The highest BCUT2D eigenvalue weighted by Crippen LogP contribution is 2.32. The summed E-state index contributed by atoms with van der Waals surface area (Å²) >= 11 is 5.98. The first kappa shape index (κ1) is 18.4. The molecular weight excluding hydrogens is 354 g/mol. The van der Waals surface area contributed by atoms with Crippen molar-refractivity contribution in [1.82, 2.24) is 10.2 Å². The fourth-order valence-electron chi connectivity index (χ4n) is 2.79. The summed E-state index contributed by atoms with van der Waals surface area (Å²) in [6.07, 6.45) is -0.676. The molecule has 138 valence electrons.